The highest BCUT2D eigenvalue weighted by Crippen LogP contribution is 2.34. The fraction of sp³-hybridized carbons (Fsp3) is 0.0385. The van der Waals surface area contributed by atoms with Crippen molar-refractivity contribution in [2.24, 2.45) is 0 Å². The van der Waals surface area contributed by atoms with Crippen LogP contribution in [0.2, 0.25) is 5.02 Å². The molecule has 4 aromatic rings. The van der Waals surface area contributed by atoms with E-state index in [0.717, 1.165) is 5.56 Å². The first-order valence-electron chi connectivity index (χ1n) is 10.4. The number of nitrogens with one attached hydrogen (secondary N) is 1. The molecule has 1 aliphatic carbocycles. The lowest BCUT2D eigenvalue weighted by Crippen LogP contribution is -2.24. The molecule has 3 aromatic carbocycles. The van der Waals surface area contributed by atoms with Crippen LogP contribution in [0, 0.1) is 0 Å². The van der Waals surface area contributed by atoms with E-state index in [4.69, 9.17) is 16.3 Å². The quantitative estimate of drug-likeness (QED) is 0.338. The first-order chi connectivity index (χ1) is 16.9. The third-order valence-corrected chi connectivity index (χ3v) is 6.55. The van der Waals surface area contributed by atoms with Crippen LogP contribution < -0.4 is 5.32 Å². The van der Waals surface area contributed by atoms with Gasteiger partial charge in [-0.1, -0.05) is 66.2 Å². The van der Waals surface area contributed by atoms with E-state index in [-0.39, 0.29) is 38.6 Å². The van der Waals surface area contributed by atoms with Crippen molar-refractivity contribution in [1.29, 1.82) is 0 Å². The smallest absolute Gasteiger partial charge is 0.340 e. The number of rotatable bonds is 5. The van der Waals surface area contributed by atoms with E-state index in [0.29, 0.717) is 10.8 Å². The molecule has 1 amide bonds. The first-order valence-corrected chi connectivity index (χ1v) is 11.7. The topological polar surface area (TPSA) is 102 Å². The van der Waals surface area contributed by atoms with Gasteiger partial charge < -0.3 is 4.74 Å². The van der Waals surface area contributed by atoms with Crippen molar-refractivity contribution >= 4 is 51.5 Å². The Hall–Kier alpha value is -4.14. The number of ether oxygens (including phenoxy) is 1. The number of amides is 1. The van der Waals surface area contributed by atoms with E-state index in [1.54, 1.807) is 23.6 Å². The minimum absolute atomic E-state index is 0.0505. The molecule has 0 aliphatic heterocycles. The number of ketones is 2. The zero-order valence-corrected chi connectivity index (χ0v) is 19.5. The zero-order chi connectivity index (χ0) is 24.5. The summed E-state index contributed by atoms with van der Waals surface area (Å²) in [5.41, 5.74) is 2.08. The third-order valence-electron chi connectivity index (χ3n) is 5.40. The molecule has 1 heterocycles. The number of carbonyl (C=O) groups is 4. The summed E-state index contributed by atoms with van der Waals surface area (Å²) in [6, 6.07) is 18.6. The number of carbonyl (C=O) groups excluding carboxylic acids is 4. The summed E-state index contributed by atoms with van der Waals surface area (Å²) in [7, 11) is 0. The summed E-state index contributed by atoms with van der Waals surface area (Å²) < 4.78 is 5.10. The van der Waals surface area contributed by atoms with Crippen molar-refractivity contribution < 1.29 is 23.9 Å². The van der Waals surface area contributed by atoms with E-state index in [9.17, 15) is 19.2 Å². The van der Waals surface area contributed by atoms with Gasteiger partial charge >= 0.3 is 5.97 Å². The fourth-order valence-electron chi connectivity index (χ4n) is 3.74. The van der Waals surface area contributed by atoms with E-state index >= 15 is 0 Å². The molecule has 35 heavy (non-hydrogen) atoms. The number of hydrogen-bond acceptors (Lipinski definition) is 7. The van der Waals surface area contributed by atoms with Crippen molar-refractivity contribution in [3.63, 3.8) is 0 Å². The van der Waals surface area contributed by atoms with Gasteiger partial charge in [0.1, 0.15) is 0 Å². The second-order valence-electron chi connectivity index (χ2n) is 7.58. The molecule has 1 aromatic heterocycles. The van der Waals surface area contributed by atoms with Crippen LogP contribution in [0.4, 0.5) is 5.13 Å². The number of benzene rings is 3. The lowest BCUT2D eigenvalue weighted by atomic mass is 9.83. The molecular formula is C26H15ClN2O5S. The first kappa shape index (κ1) is 22.6. The maximum Gasteiger partial charge on any atom is 0.340 e. The predicted molar refractivity (Wildman–Crippen MR) is 131 cm³/mol. The second kappa shape index (κ2) is 9.25. The highest BCUT2D eigenvalue weighted by Gasteiger charge is 2.33. The van der Waals surface area contributed by atoms with Crippen molar-refractivity contribution in [2.45, 2.75) is 0 Å². The molecule has 9 heteroatoms. The zero-order valence-electron chi connectivity index (χ0n) is 17.9. The van der Waals surface area contributed by atoms with Gasteiger partial charge in [-0.2, -0.15) is 0 Å². The standard InChI is InChI=1S/C26H15ClN2O5S/c27-22-18(11-10-17-21(22)24(32)16-9-5-4-8-15(16)23(17)31)25(33)34-12-20(30)29-26-28-19(13-35-26)14-6-2-1-3-7-14/h1-11,13H,12H2,(H,28,29,30). The number of fused-ring (bicyclic) bond motifs is 2. The lowest BCUT2D eigenvalue weighted by Gasteiger charge is -2.19. The van der Waals surface area contributed by atoms with E-state index < -0.39 is 24.3 Å². The van der Waals surface area contributed by atoms with Crippen LogP contribution in [0.5, 0.6) is 0 Å². The summed E-state index contributed by atoms with van der Waals surface area (Å²) in [6.07, 6.45) is 0. The van der Waals surface area contributed by atoms with Crippen molar-refractivity contribution in [3.8, 4) is 11.3 Å². The van der Waals surface area contributed by atoms with Gasteiger partial charge in [0.15, 0.2) is 23.3 Å². The Bertz CT molecular complexity index is 1510. The van der Waals surface area contributed by atoms with Gasteiger partial charge in [-0.25, -0.2) is 9.78 Å². The van der Waals surface area contributed by atoms with Crippen molar-refractivity contribution in [2.75, 3.05) is 11.9 Å². The number of thiazole rings is 1. The predicted octanol–water partition coefficient (Wildman–Crippen LogP) is 5.03. The monoisotopic (exact) mass is 502 g/mol. The van der Waals surface area contributed by atoms with Crippen LogP contribution in [0.25, 0.3) is 11.3 Å². The number of hydrogen-bond donors (Lipinski definition) is 1. The minimum atomic E-state index is -0.892. The number of halogens is 1. The molecule has 0 saturated carbocycles. The summed E-state index contributed by atoms with van der Waals surface area (Å²) in [5.74, 6) is -2.28. The molecule has 1 aliphatic rings. The van der Waals surface area contributed by atoms with Crippen LogP contribution in [0.15, 0.2) is 72.1 Å². The maximum atomic E-state index is 13.0. The van der Waals surface area contributed by atoms with E-state index in [1.807, 2.05) is 30.3 Å². The normalized spacial score (nSPS) is 12.0. The van der Waals surface area contributed by atoms with Crippen LogP contribution in [0.1, 0.15) is 42.2 Å². The van der Waals surface area contributed by atoms with Crippen molar-refractivity contribution in [1.82, 2.24) is 4.98 Å². The SMILES string of the molecule is O=C(COC(=O)c1ccc2c(c1Cl)C(=O)c1ccccc1C2=O)Nc1nc(-c2ccccc2)cs1. The average Bonchev–Trinajstić information content (AvgIpc) is 3.34. The Kier molecular flexibility index (Phi) is 5.98. The Balaban J connectivity index is 1.28. The molecule has 0 unspecified atom stereocenters. The van der Waals surface area contributed by atoms with Gasteiger partial charge in [-0.15, -0.1) is 11.3 Å². The van der Waals surface area contributed by atoms with Crippen LogP contribution in [-0.4, -0.2) is 35.0 Å². The van der Waals surface area contributed by atoms with Gasteiger partial charge in [-0.05, 0) is 12.1 Å². The summed E-state index contributed by atoms with van der Waals surface area (Å²) in [5, 5.41) is 4.57. The Morgan fingerprint density at radius 2 is 1.57 bits per heavy atom. The van der Waals surface area contributed by atoms with Crippen LogP contribution in [0.3, 0.4) is 0 Å². The lowest BCUT2D eigenvalue weighted by molar-refractivity contribution is -0.119. The molecule has 172 valence electrons. The minimum Gasteiger partial charge on any atom is -0.452 e. The molecule has 0 saturated heterocycles. The Labute approximate surface area is 208 Å². The van der Waals surface area contributed by atoms with Crippen LogP contribution >= 0.6 is 22.9 Å². The molecule has 0 fully saturated rings. The van der Waals surface area contributed by atoms with Gasteiger partial charge in [0.05, 0.1) is 21.8 Å². The summed E-state index contributed by atoms with van der Waals surface area (Å²) >= 11 is 7.61. The molecule has 5 rings (SSSR count). The second-order valence-corrected chi connectivity index (χ2v) is 8.82. The van der Waals surface area contributed by atoms with Crippen LogP contribution in [-0.2, 0) is 9.53 Å². The van der Waals surface area contributed by atoms with E-state index in [2.05, 4.69) is 10.3 Å². The molecule has 0 radical (unpaired) electrons. The molecule has 1 N–H and O–H groups in total. The molecule has 0 atom stereocenters. The molecule has 7 nitrogen and oxygen atoms in total. The van der Waals surface area contributed by atoms with Gasteiger partial charge in [0.25, 0.3) is 5.91 Å². The average molecular weight is 503 g/mol. The number of esters is 1. The van der Waals surface area contributed by atoms with Gasteiger partial charge in [0.2, 0.25) is 0 Å². The number of nitrogens with zero attached hydrogens (tertiary/aromatic N) is 1. The summed E-state index contributed by atoms with van der Waals surface area (Å²) in [6.45, 7) is -0.581. The molecule has 0 bridgehead atoms. The maximum absolute atomic E-state index is 13.0. The fourth-order valence-corrected chi connectivity index (χ4v) is 4.80. The number of anilines is 1. The number of aromatic nitrogens is 1. The molecule has 0 spiro atoms. The summed E-state index contributed by atoms with van der Waals surface area (Å²) in [4.78, 5) is 55.0. The Morgan fingerprint density at radius 3 is 2.31 bits per heavy atom. The van der Waals surface area contributed by atoms with Crippen molar-refractivity contribution in [3.05, 3.63) is 105 Å². The highest BCUT2D eigenvalue weighted by atomic mass is 35.5. The highest BCUT2D eigenvalue weighted by molar-refractivity contribution is 7.14. The third kappa shape index (κ3) is 4.25. The van der Waals surface area contributed by atoms with Gasteiger partial charge in [0, 0.05) is 27.6 Å². The Morgan fingerprint density at radius 1 is 0.886 bits per heavy atom. The largest absolute Gasteiger partial charge is 0.452 e. The van der Waals surface area contributed by atoms with Gasteiger partial charge in [-0.3, -0.25) is 19.7 Å². The molecular weight excluding hydrogens is 488 g/mol. The van der Waals surface area contributed by atoms with E-state index in [1.165, 1.54) is 29.5 Å².